The van der Waals surface area contributed by atoms with Crippen LogP contribution in [-0.4, -0.2) is 0 Å². The van der Waals surface area contributed by atoms with Crippen molar-refractivity contribution in [3.05, 3.63) is 93.2 Å². The predicted octanol–water partition coefficient (Wildman–Crippen LogP) is 6.63. The number of nitrogens with one attached hydrogen (secondary N) is 1. The molecule has 134 valence electrons. The standard InChI is InChI=1S/C21H18Cl2FNO/c1-14-6-8-18(11-19(14)23)25-12-16-10-17(22)7-9-21(16)26-13-15-4-2-3-5-20(15)24/h2-11,25H,12-13H2,1H3. The van der Waals surface area contributed by atoms with Gasteiger partial charge in [-0.25, -0.2) is 4.39 Å². The lowest BCUT2D eigenvalue weighted by Crippen LogP contribution is -2.05. The predicted molar refractivity (Wildman–Crippen MR) is 106 cm³/mol. The Balaban J connectivity index is 1.73. The fourth-order valence-electron chi connectivity index (χ4n) is 2.50. The number of benzene rings is 3. The molecule has 1 N–H and O–H groups in total. The van der Waals surface area contributed by atoms with Gasteiger partial charge in [-0.2, -0.15) is 0 Å². The van der Waals surface area contributed by atoms with Gasteiger partial charge < -0.3 is 10.1 Å². The molecule has 0 amide bonds. The summed E-state index contributed by atoms with van der Waals surface area (Å²) in [6, 6.07) is 17.7. The number of rotatable bonds is 6. The van der Waals surface area contributed by atoms with E-state index in [-0.39, 0.29) is 12.4 Å². The lowest BCUT2D eigenvalue weighted by Gasteiger charge is -2.14. The number of halogens is 3. The van der Waals surface area contributed by atoms with Crippen LogP contribution in [0, 0.1) is 12.7 Å². The maximum Gasteiger partial charge on any atom is 0.129 e. The van der Waals surface area contributed by atoms with Crippen LogP contribution in [-0.2, 0) is 13.2 Å². The zero-order valence-electron chi connectivity index (χ0n) is 14.2. The van der Waals surface area contributed by atoms with E-state index < -0.39 is 0 Å². The molecule has 2 nitrogen and oxygen atoms in total. The largest absolute Gasteiger partial charge is 0.488 e. The molecular formula is C21H18Cl2FNO. The molecule has 0 radical (unpaired) electrons. The van der Waals surface area contributed by atoms with Crippen LogP contribution < -0.4 is 10.1 Å². The molecule has 0 heterocycles. The van der Waals surface area contributed by atoms with Crippen molar-refractivity contribution in [2.24, 2.45) is 0 Å². The first-order valence-electron chi connectivity index (χ1n) is 8.17. The second-order valence-electron chi connectivity index (χ2n) is 5.95. The quantitative estimate of drug-likeness (QED) is 0.510. The van der Waals surface area contributed by atoms with Crippen molar-refractivity contribution in [2.45, 2.75) is 20.1 Å². The van der Waals surface area contributed by atoms with E-state index >= 15 is 0 Å². The topological polar surface area (TPSA) is 21.3 Å². The average molecular weight is 390 g/mol. The molecule has 0 aliphatic rings. The van der Waals surface area contributed by atoms with Crippen LogP contribution in [0.2, 0.25) is 10.0 Å². The summed E-state index contributed by atoms with van der Waals surface area (Å²) >= 11 is 12.3. The van der Waals surface area contributed by atoms with E-state index in [2.05, 4.69) is 5.32 Å². The SMILES string of the molecule is Cc1ccc(NCc2cc(Cl)ccc2OCc2ccccc2F)cc1Cl. The molecule has 3 aromatic rings. The van der Waals surface area contributed by atoms with Crippen LogP contribution in [0.5, 0.6) is 5.75 Å². The zero-order chi connectivity index (χ0) is 18.5. The molecular weight excluding hydrogens is 372 g/mol. The molecule has 0 spiro atoms. The minimum atomic E-state index is -0.282. The molecule has 26 heavy (non-hydrogen) atoms. The molecule has 0 fully saturated rings. The highest BCUT2D eigenvalue weighted by Gasteiger charge is 2.08. The van der Waals surface area contributed by atoms with Crippen molar-refractivity contribution >= 4 is 28.9 Å². The molecule has 5 heteroatoms. The fourth-order valence-corrected chi connectivity index (χ4v) is 2.87. The summed E-state index contributed by atoms with van der Waals surface area (Å²) in [4.78, 5) is 0. The maximum absolute atomic E-state index is 13.8. The van der Waals surface area contributed by atoms with Crippen molar-refractivity contribution < 1.29 is 9.13 Å². The summed E-state index contributed by atoms with van der Waals surface area (Å²) in [5.41, 5.74) is 3.31. The number of aryl methyl sites for hydroxylation is 1. The van der Waals surface area contributed by atoms with Gasteiger partial charge in [-0.3, -0.25) is 0 Å². The molecule has 0 saturated heterocycles. The van der Waals surface area contributed by atoms with Gasteiger partial charge in [0.2, 0.25) is 0 Å². The first-order chi connectivity index (χ1) is 12.5. The van der Waals surface area contributed by atoms with Crippen LogP contribution in [0.1, 0.15) is 16.7 Å². The molecule has 3 rings (SSSR count). The van der Waals surface area contributed by atoms with Gasteiger partial charge in [0, 0.05) is 33.4 Å². The van der Waals surface area contributed by atoms with Gasteiger partial charge in [0.25, 0.3) is 0 Å². The van der Waals surface area contributed by atoms with Gasteiger partial charge in [0.05, 0.1) is 0 Å². The molecule has 0 unspecified atom stereocenters. The van der Waals surface area contributed by atoms with Gasteiger partial charge in [-0.1, -0.05) is 47.5 Å². The molecule has 0 saturated carbocycles. The Bertz CT molecular complexity index is 914. The maximum atomic E-state index is 13.8. The Hall–Kier alpha value is -2.23. The van der Waals surface area contributed by atoms with E-state index in [9.17, 15) is 4.39 Å². The fraction of sp³-hybridized carbons (Fsp3) is 0.143. The highest BCUT2D eigenvalue weighted by molar-refractivity contribution is 6.31. The van der Waals surface area contributed by atoms with E-state index in [4.69, 9.17) is 27.9 Å². The summed E-state index contributed by atoms with van der Waals surface area (Å²) in [6.07, 6.45) is 0. The van der Waals surface area contributed by atoms with Gasteiger partial charge in [0.1, 0.15) is 18.2 Å². The minimum absolute atomic E-state index is 0.150. The van der Waals surface area contributed by atoms with Crippen molar-refractivity contribution in [3.8, 4) is 5.75 Å². The van der Waals surface area contributed by atoms with Crippen LogP contribution in [0.15, 0.2) is 60.7 Å². The van der Waals surface area contributed by atoms with E-state index in [0.29, 0.717) is 27.9 Å². The summed E-state index contributed by atoms with van der Waals surface area (Å²) in [5, 5.41) is 4.63. The highest BCUT2D eigenvalue weighted by Crippen LogP contribution is 2.26. The first kappa shape index (κ1) is 18.6. The summed E-state index contributed by atoms with van der Waals surface area (Å²) in [6.45, 7) is 2.61. The molecule has 0 aliphatic carbocycles. The molecule has 3 aromatic carbocycles. The second-order valence-corrected chi connectivity index (χ2v) is 6.79. The minimum Gasteiger partial charge on any atom is -0.488 e. The zero-order valence-corrected chi connectivity index (χ0v) is 15.7. The molecule has 0 bridgehead atoms. The number of hydrogen-bond donors (Lipinski definition) is 1. The average Bonchev–Trinajstić information content (AvgIpc) is 2.63. The number of hydrogen-bond acceptors (Lipinski definition) is 2. The molecule has 0 aliphatic heterocycles. The van der Waals surface area contributed by atoms with Gasteiger partial charge >= 0.3 is 0 Å². The number of ether oxygens (including phenoxy) is 1. The first-order valence-corrected chi connectivity index (χ1v) is 8.93. The Morgan fingerprint density at radius 3 is 2.54 bits per heavy atom. The smallest absolute Gasteiger partial charge is 0.129 e. The van der Waals surface area contributed by atoms with E-state index in [1.165, 1.54) is 6.07 Å². The third-order valence-corrected chi connectivity index (χ3v) is 4.66. The monoisotopic (exact) mass is 389 g/mol. The third-order valence-electron chi connectivity index (χ3n) is 4.02. The second kappa shape index (κ2) is 8.43. The summed E-state index contributed by atoms with van der Waals surface area (Å²) < 4.78 is 19.6. The van der Waals surface area contributed by atoms with Gasteiger partial charge in [0.15, 0.2) is 0 Å². The highest BCUT2D eigenvalue weighted by atomic mass is 35.5. The van der Waals surface area contributed by atoms with Crippen LogP contribution in [0.25, 0.3) is 0 Å². The Morgan fingerprint density at radius 1 is 0.962 bits per heavy atom. The summed E-state index contributed by atoms with van der Waals surface area (Å²) in [7, 11) is 0. The van der Waals surface area contributed by atoms with E-state index in [0.717, 1.165) is 16.8 Å². The Labute approximate surface area is 162 Å². The van der Waals surface area contributed by atoms with Gasteiger partial charge in [-0.15, -0.1) is 0 Å². The third kappa shape index (κ3) is 4.69. The van der Waals surface area contributed by atoms with Crippen LogP contribution in [0.3, 0.4) is 0 Å². The number of anilines is 1. The Kier molecular flexibility index (Phi) is 6.02. The summed E-state index contributed by atoms with van der Waals surface area (Å²) in [5.74, 6) is 0.374. The van der Waals surface area contributed by atoms with Crippen LogP contribution in [0.4, 0.5) is 10.1 Å². The van der Waals surface area contributed by atoms with E-state index in [1.54, 1.807) is 30.3 Å². The van der Waals surface area contributed by atoms with E-state index in [1.807, 2.05) is 31.2 Å². The van der Waals surface area contributed by atoms with Crippen molar-refractivity contribution in [1.29, 1.82) is 0 Å². The molecule has 0 aromatic heterocycles. The lowest BCUT2D eigenvalue weighted by molar-refractivity contribution is 0.297. The normalized spacial score (nSPS) is 10.6. The van der Waals surface area contributed by atoms with Crippen molar-refractivity contribution in [1.82, 2.24) is 0 Å². The van der Waals surface area contributed by atoms with Crippen molar-refractivity contribution in [3.63, 3.8) is 0 Å². The van der Waals surface area contributed by atoms with Gasteiger partial charge in [-0.05, 0) is 48.9 Å². The van der Waals surface area contributed by atoms with Crippen molar-refractivity contribution in [2.75, 3.05) is 5.32 Å². The Morgan fingerprint density at radius 2 is 1.77 bits per heavy atom. The molecule has 0 atom stereocenters. The van der Waals surface area contributed by atoms with Crippen LogP contribution >= 0.6 is 23.2 Å². The lowest BCUT2D eigenvalue weighted by atomic mass is 10.1.